The van der Waals surface area contributed by atoms with Crippen LogP contribution in [0.2, 0.25) is 0 Å². The van der Waals surface area contributed by atoms with E-state index in [1.807, 2.05) is 19.9 Å². The van der Waals surface area contributed by atoms with Gasteiger partial charge >= 0.3 is 0 Å². The number of nitrogens with two attached hydrogens (primary N) is 1. The van der Waals surface area contributed by atoms with Crippen LogP contribution in [0.25, 0.3) is 0 Å². The highest BCUT2D eigenvalue weighted by Gasteiger charge is 2.11. The molecule has 0 amide bonds. The van der Waals surface area contributed by atoms with Gasteiger partial charge in [-0.15, -0.1) is 0 Å². The Morgan fingerprint density at radius 1 is 1.50 bits per heavy atom. The molecule has 0 heterocycles. The minimum Gasteiger partial charge on any atom is -0.330 e. The van der Waals surface area contributed by atoms with Crippen molar-refractivity contribution in [2.24, 2.45) is 5.73 Å². The Morgan fingerprint density at radius 2 is 2.14 bits per heavy atom. The maximum atomic E-state index is 13.5. The van der Waals surface area contributed by atoms with Crippen LogP contribution in [-0.2, 0) is 0 Å². The lowest BCUT2D eigenvalue weighted by Gasteiger charge is -2.13. The molecule has 0 radical (unpaired) electrons. The molecular weight excluding hydrogens is 245 g/mol. The van der Waals surface area contributed by atoms with Gasteiger partial charge < -0.3 is 5.73 Å². The SMILES string of the molecule is Cc1cc(C(C)CCN)c(F)cc1Br. The van der Waals surface area contributed by atoms with Crippen LogP contribution in [-0.4, -0.2) is 6.54 Å². The summed E-state index contributed by atoms with van der Waals surface area (Å²) < 4.78 is 14.4. The van der Waals surface area contributed by atoms with Crippen LogP contribution in [0.15, 0.2) is 16.6 Å². The van der Waals surface area contributed by atoms with E-state index in [2.05, 4.69) is 15.9 Å². The Kier molecular flexibility index (Phi) is 4.08. The maximum Gasteiger partial charge on any atom is 0.127 e. The van der Waals surface area contributed by atoms with E-state index in [-0.39, 0.29) is 11.7 Å². The predicted octanol–water partition coefficient (Wildman–Crippen LogP) is 3.35. The Balaban J connectivity index is 3.02. The summed E-state index contributed by atoms with van der Waals surface area (Å²) in [6.45, 7) is 4.55. The maximum absolute atomic E-state index is 13.5. The van der Waals surface area contributed by atoms with Crippen molar-refractivity contribution in [3.05, 3.63) is 33.5 Å². The van der Waals surface area contributed by atoms with Crippen molar-refractivity contribution in [3.8, 4) is 0 Å². The van der Waals surface area contributed by atoms with Crippen molar-refractivity contribution >= 4 is 15.9 Å². The van der Waals surface area contributed by atoms with Crippen LogP contribution in [0.5, 0.6) is 0 Å². The Labute approximate surface area is 92.6 Å². The van der Waals surface area contributed by atoms with Crippen molar-refractivity contribution in [1.82, 2.24) is 0 Å². The second-order valence-electron chi connectivity index (χ2n) is 3.60. The van der Waals surface area contributed by atoms with Crippen molar-refractivity contribution in [3.63, 3.8) is 0 Å². The molecule has 1 atom stereocenters. The first kappa shape index (κ1) is 11.7. The molecule has 1 aromatic rings. The molecule has 0 aliphatic carbocycles. The lowest BCUT2D eigenvalue weighted by molar-refractivity contribution is 0.575. The summed E-state index contributed by atoms with van der Waals surface area (Å²) in [6.07, 6.45) is 0.817. The summed E-state index contributed by atoms with van der Waals surface area (Å²) in [7, 11) is 0. The number of halogens is 2. The summed E-state index contributed by atoms with van der Waals surface area (Å²) in [6, 6.07) is 3.41. The topological polar surface area (TPSA) is 26.0 Å². The largest absolute Gasteiger partial charge is 0.330 e. The molecule has 1 aromatic carbocycles. The summed E-state index contributed by atoms with van der Waals surface area (Å²) in [4.78, 5) is 0. The quantitative estimate of drug-likeness (QED) is 0.886. The summed E-state index contributed by atoms with van der Waals surface area (Å²) in [5, 5.41) is 0. The van der Waals surface area contributed by atoms with Crippen LogP contribution < -0.4 is 5.73 Å². The van der Waals surface area contributed by atoms with E-state index in [0.717, 1.165) is 22.0 Å². The number of rotatable bonds is 3. The van der Waals surface area contributed by atoms with Gasteiger partial charge in [0.25, 0.3) is 0 Å². The van der Waals surface area contributed by atoms with Crippen molar-refractivity contribution in [2.45, 2.75) is 26.2 Å². The standard InChI is InChI=1S/C11H15BrFN/c1-7(3-4-14)9-5-8(2)10(12)6-11(9)13/h5-7H,3-4,14H2,1-2H3. The van der Waals surface area contributed by atoms with E-state index < -0.39 is 0 Å². The third-order valence-electron chi connectivity index (χ3n) is 2.41. The third-order valence-corrected chi connectivity index (χ3v) is 3.26. The van der Waals surface area contributed by atoms with Crippen LogP contribution in [0, 0.1) is 12.7 Å². The highest BCUT2D eigenvalue weighted by atomic mass is 79.9. The lowest BCUT2D eigenvalue weighted by Crippen LogP contribution is -2.06. The average molecular weight is 260 g/mol. The van der Waals surface area contributed by atoms with E-state index in [1.54, 1.807) is 0 Å². The Morgan fingerprint density at radius 3 is 2.71 bits per heavy atom. The minimum atomic E-state index is -0.150. The third kappa shape index (κ3) is 2.55. The molecule has 0 spiro atoms. The van der Waals surface area contributed by atoms with Gasteiger partial charge in [-0.05, 0) is 43.0 Å². The second kappa shape index (κ2) is 4.89. The smallest absolute Gasteiger partial charge is 0.127 e. The van der Waals surface area contributed by atoms with E-state index in [0.29, 0.717) is 6.54 Å². The van der Waals surface area contributed by atoms with Crippen LogP contribution in [0.3, 0.4) is 0 Å². The number of aryl methyl sites for hydroxylation is 1. The molecule has 3 heteroatoms. The van der Waals surface area contributed by atoms with Gasteiger partial charge in [0.15, 0.2) is 0 Å². The molecule has 1 unspecified atom stereocenters. The minimum absolute atomic E-state index is 0.150. The van der Waals surface area contributed by atoms with Gasteiger partial charge in [0.1, 0.15) is 5.82 Å². The van der Waals surface area contributed by atoms with Crippen LogP contribution in [0.1, 0.15) is 30.4 Å². The second-order valence-corrected chi connectivity index (χ2v) is 4.46. The van der Waals surface area contributed by atoms with Gasteiger partial charge in [0, 0.05) is 4.47 Å². The molecule has 0 saturated carbocycles. The average Bonchev–Trinajstić information content (AvgIpc) is 2.11. The molecule has 0 bridgehead atoms. The molecule has 0 aliphatic heterocycles. The molecule has 1 nitrogen and oxygen atoms in total. The van der Waals surface area contributed by atoms with E-state index in [9.17, 15) is 4.39 Å². The molecule has 78 valence electrons. The van der Waals surface area contributed by atoms with Crippen molar-refractivity contribution < 1.29 is 4.39 Å². The zero-order valence-electron chi connectivity index (χ0n) is 8.48. The molecule has 14 heavy (non-hydrogen) atoms. The Bertz CT molecular complexity index is 325. The highest BCUT2D eigenvalue weighted by molar-refractivity contribution is 9.10. The fourth-order valence-electron chi connectivity index (χ4n) is 1.46. The zero-order valence-corrected chi connectivity index (χ0v) is 10.1. The molecule has 0 saturated heterocycles. The molecule has 0 aliphatic rings. The molecule has 2 N–H and O–H groups in total. The van der Waals surface area contributed by atoms with E-state index in [4.69, 9.17) is 5.73 Å². The van der Waals surface area contributed by atoms with E-state index >= 15 is 0 Å². The zero-order chi connectivity index (χ0) is 10.7. The Hall–Kier alpha value is -0.410. The molecule has 0 aromatic heterocycles. The first-order valence-corrected chi connectivity index (χ1v) is 5.51. The first-order valence-electron chi connectivity index (χ1n) is 4.72. The fourth-order valence-corrected chi connectivity index (χ4v) is 1.78. The number of hydrogen-bond acceptors (Lipinski definition) is 1. The summed E-state index contributed by atoms with van der Waals surface area (Å²) >= 11 is 3.30. The van der Waals surface area contributed by atoms with Gasteiger partial charge in [0.2, 0.25) is 0 Å². The highest BCUT2D eigenvalue weighted by Crippen LogP contribution is 2.27. The van der Waals surface area contributed by atoms with Crippen LogP contribution >= 0.6 is 15.9 Å². The van der Waals surface area contributed by atoms with Crippen molar-refractivity contribution in [2.75, 3.05) is 6.54 Å². The van der Waals surface area contributed by atoms with Crippen molar-refractivity contribution in [1.29, 1.82) is 0 Å². The van der Waals surface area contributed by atoms with Gasteiger partial charge in [0.05, 0.1) is 0 Å². The predicted molar refractivity (Wildman–Crippen MR) is 60.9 cm³/mol. The van der Waals surface area contributed by atoms with Gasteiger partial charge in [-0.1, -0.05) is 28.9 Å². The van der Waals surface area contributed by atoms with Gasteiger partial charge in [-0.25, -0.2) is 4.39 Å². The molecular formula is C11H15BrFN. The number of benzene rings is 1. The fraction of sp³-hybridized carbons (Fsp3) is 0.455. The van der Waals surface area contributed by atoms with Gasteiger partial charge in [-0.3, -0.25) is 0 Å². The molecule has 1 rings (SSSR count). The normalized spacial score (nSPS) is 12.9. The van der Waals surface area contributed by atoms with Crippen LogP contribution in [0.4, 0.5) is 4.39 Å². The monoisotopic (exact) mass is 259 g/mol. The summed E-state index contributed by atoms with van der Waals surface area (Å²) in [5.74, 6) is 0.0372. The molecule has 0 fully saturated rings. The van der Waals surface area contributed by atoms with Gasteiger partial charge in [-0.2, -0.15) is 0 Å². The first-order chi connectivity index (χ1) is 6.56. The lowest BCUT2D eigenvalue weighted by atomic mass is 9.96. The van der Waals surface area contributed by atoms with E-state index in [1.165, 1.54) is 6.07 Å². The summed E-state index contributed by atoms with van der Waals surface area (Å²) in [5.41, 5.74) is 7.27. The number of hydrogen-bond donors (Lipinski definition) is 1.